The molecule has 0 spiro atoms. The molecule has 0 fully saturated rings. The Balaban J connectivity index is 3.06. The van der Waals surface area contributed by atoms with Gasteiger partial charge in [0.05, 0.1) is 5.69 Å². The Hall–Kier alpha value is -1.17. The molecule has 1 amide bonds. The maximum absolute atomic E-state index is 11.2. The molecular formula is C8H7Cl2N3O2. The Kier molecular flexibility index (Phi) is 3.62. The van der Waals surface area contributed by atoms with Crippen LogP contribution in [-0.2, 0) is 9.59 Å². The number of nitrogens with zero attached hydrogens (tertiary/aromatic N) is 2. The van der Waals surface area contributed by atoms with Crippen molar-refractivity contribution >= 4 is 40.6 Å². The van der Waals surface area contributed by atoms with E-state index in [-0.39, 0.29) is 16.0 Å². The molecule has 1 heterocycles. The molecule has 0 saturated carbocycles. The maximum atomic E-state index is 11.2. The van der Waals surface area contributed by atoms with E-state index < -0.39 is 11.7 Å². The van der Waals surface area contributed by atoms with Crippen LogP contribution in [0.25, 0.3) is 0 Å². The second-order valence-electron chi connectivity index (χ2n) is 2.68. The van der Waals surface area contributed by atoms with Crippen LogP contribution in [0, 0.1) is 0 Å². The lowest BCUT2D eigenvalue weighted by atomic mass is 10.3. The summed E-state index contributed by atoms with van der Waals surface area (Å²) in [6.07, 6.45) is 0. The fourth-order valence-corrected chi connectivity index (χ4v) is 1.30. The summed E-state index contributed by atoms with van der Waals surface area (Å²) in [7, 11) is 0. The smallest absolute Gasteiger partial charge is 0.289 e. The van der Waals surface area contributed by atoms with E-state index in [0.29, 0.717) is 5.01 Å². The number of hydrogen-bond acceptors (Lipinski definition) is 4. The first-order chi connectivity index (χ1) is 6.93. The van der Waals surface area contributed by atoms with Gasteiger partial charge in [0.2, 0.25) is 5.78 Å². The van der Waals surface area contributed by atoms with E-state index in [2.05, 4.69) is 4.98 Å². The van der Waals surface area contributed by atoms with Gasteiger partial charge >= 0.3 is 5.91 Å². The highest BCUT2D eigenvalue weighted by Gasteiger charge is 2.19. The highest BCUT2D eigenvalue weighted by atomic mass is 35.5. The molecule has 0 aliphatic heterocycles. The van der Waals surface area contributed by atoms with Crippen LogP contribution in [-0.4, -0.2) is 16.7 Å². The minimum Gasteiger partial charge on any atom is -0.289 e. The van der Waals surface area contributed by atoms with Crippen LogP contribution in [0.5, 0.6) is 0 Å². The third-order valence-corrected chi connectivity index (χ3v) is 2.06. The molecule has 0 aliphatic carbocycles. The number of halogens is 2. The number of hydrazine groups is 1. The summed E-state index contributed by atoms with van der Waals surface area (Å²) < 4.78 is 0. The summed E-state index contributed by atoms with van der Waals surface area (Å²) in [6.45, 7) is 1.11. The van der Waals surface area contributed by atoms with Crippen LogP contribution < -0.4 is 10.9 Å². The molecule has 0 unspecified atom stereocenters. The van der Waals surface area contributed by atoms with Crippen molar-refractivity contribution < 1.29 is 9.59 Å². The zero-order valence-electron chi connectivity index (χ0n) is 7.70. The van der Waals surface area contributed by atoms with Crippen molar-refractivity contribution in [3.63, 3.8) is 0 Å². The number of anilines is 1. The van der Waals surface area contributed by atoms with Crippen LogP contribution in [0.4, 0.5) is 5.69 Å². The molecule has 7 heteroatoms. The van der Waals surface area contributed by atoms with Gasteiger partial charge in [0.1, 0.15) is 5.15 Å². The first kappa shape index (κ1) is 11.9. The van der Waals surface area contributed by atoms with Crippen molar-refractivity contribution in [3.8, 4) is 0 Å². The highest BCUT2D eigenvalue weighted by molar-refractivity contribution is 6.41. The lowest BCUT2D eigenvalue weighted by Gasteiger charge is -2.15. The van der Waals surface area contributed by atoms with Gasteiger partial charge in [-0.25, -0.2) is 15.8 Å². The fourth-order valence-electron chi connectivity index (χ4n) is 0.864. The number of amides is 1. The number of carbonyl (C=O) groups excluding carboxylic acids is 2. The van der Waals surface area contributed by atoms with E-state index in [0.717, 1.165) is 6.92 Å². The number of Topliss-reactive ketones (excluding diaryl/α,β-unsaturated/α-hetero) is 1. The first-order valence-electron chi connectivity index (χ1n) is 3.85. The molecule has 0 radical (unpaired) electrons. The average Bonchev–Trinajstić information content (AvgIpc) is 2.15. The monoisotopic (exact) mass is 247 g/mol. The van der Waals surface area contributed by atoms with Gasteiger partial charge in [-0.1, -0.05) is 23.2 Å². The molecule has 15 heavy (non-hydrogen) atoms. The SMILES string of the molecule is CC(=O)C(=O)N(N)c1ccc(Cl)nc1Cl. The summed E-state index contributed by atoms with van der Waals surface area (Å²) in [5.41, 5.74) is 0.126. The number of hydrogen-bond donors (Lipinski definition) is 1. The molecule has 0 aromatic carbocycles. The van der Waals surface area contributed by atoms with Gasteiger partial charge in [-0.15, -0.1) is 0 Å². The Labute approximate surface area is 95.7 Å². The fraction of sp³-hybridized carbons (Fsp3) is 0.125. The number of rotatable bonds is 2. The standard InChI is InChI=1S/C8H7Cl2N3O2/c1-4(14)8(15)13(11)5-2-3-6(9)12-7(5)10/h2-3H,11H2,1H3. The van der Waals surface area contributed by atoms with E-state index in [1.165, 1.54) is 12.1 Å². The molecule has 0 atom stereocenters. The molecule has 0 aliphatic rings. The molecule has 1 aromatic heterocycles. The number of carbonyl (C=O) groups is 2. The highest BCUT2D eigenvalue weighted by Crippen LogP contribution is 2.23. The number of ketones is 1. The second kappa shape index (κ2) is 4.57. The van der Waals surface area contributed by atoms with Crippen molar-refractivity contribution in [1.82, 2.24) is 4.98 Å². The lowest BCUT2D eigenvalue weighted by molar-refractivity contribution is -0.135. The Morgan fingerprint density at radius 2 is 2.00 bits per heavy atom. The van der Waals surface area contributed by atoms with E-state index >= 15 is 0 Å². The minimum atomic E-state index is -0.874. The summed E-state index contributed by atoms with van der Waals surface area (Å²) in [5, 5.41) is 0.764. The zero-order valence-corrected chi connectivity index (χ0v) is 9.21. The molecule has 2 N–H and O–H groups in total. The zero-order chi connectivity index (χ0) is 11.6. The summed E-state index contributed by atoms with van der Waals surface area (Å²) >= 11 is 11.2. The number of aromatic nitrogens is 1. The number of nitrogens with two attached hydrogens (primary N) is 1. The van der Waals surface area contributed by atoms with Gasteiger partial charge in [-0.3, -0.25) is 9.59 Å². The Bertz CT molecular complexity index is 422. The van der Waals surface area contributed by atoms with Crippen LogP contribution in [0.1, 0.15) is 6.92 Å². The summed E-state index contributed by atoms with van der Waals surface area (Å²) in [5.74, 6) is 3.82. The molecule has 80 valence electrons. The number of pyridine rings is 1. The van der Waals surface area contributed by atoms with E-state index in [4.69, 9.17) is 29.0 Å². The second-order valence-corrected chi connectivity index (χ2v) is 3.42. The van der Waals surface area contributed by atoms with Crippen LogP contribution in [0.3, 0.4) is 0 Å². The predicted molar refractivity (Wildman–Crippen MR) is 56.6 cm³/mol. The lowest BCUT2D eigenvalue weighted by Crippen LogP contribution is -2.41. The molecular weight excluding hydrogens is 241 g/mol. The van der Waals surface area contributed by atoms with E-state index in [1.807, 2.05) is 0 Å². The average molecular weight is 248 g/mol. The van der Waals surface area contributed by atoms with Gasteiger partial charge in [0, 0.05) is 6.92 Å². The van der Waals surface area contributed by atoms with Crippen molar-refractivity contribution in [3.05, 3.63) is 22.4 Å². The summed E-state index contributed by atoms with van der Waals surface area (Å²) in [4.78, 5) is 25.7. The predicted octanol–water partition coefficient (Wildman–Crippen LogP) is 1.18. The molecule has 1 rings (SSSR count). The molecule has 0 saturated heterocycles. The molecule has 5 nitrogen and oxygen atoms in total. The van der Waals surface area contributed by atoms with E-state index in [1.54, 1.807) is 0 Å². The normalized spacial score (nSPS) is 9.87. The molecule has 0 bridgehead atoms. The maximum Gasteiger partial charge on any atom is 0.308 e. The van der Waals surface area contributed by atoms with Gasteiger partial charge in [-0.2, -0.15) is 0 Å². The van der Waals surface area contributed by atoms with Crippen molar-refractivity contribution in [2.24, 2.45) is 5.84 Å². The van der Waals surface area contributed by atoms with Crippen LogP contribution >= 0.6 is 23.2 Å². The van der Waals surface area contributed by atoms with Gasteiger partial charge < -0.3 is 0 Å². The Morgan fingerprint density at radius 3 is 2.47 bits per heavy atom. The quantitative estimate of drug-likeness (QED) is 0.280. The van der Waals surface area contributed by atoms with Crippen molar-refractivity contribution in [1.29, 1.82) is 0 Å². The first-order valence-corrected chi connectivity index (χ1v) is 4.61. The van der Waals surface area contributed by atoms with E-state index in [9.17, 15) is 9.59 Å². The topological polar surface area (TPSA) is 76.3 Å². The minimum absolute atomic E-state index is 0.0420. The van der Waals surface area contributed by atoms with Gasteiger partial charge in [0.15, 0.2) is 5.15 Å². The van der Waals surface area contributed by atoms with Crippen molar-refractivity contribution in [2.45, 2.75) is 6.92 Å². The third-order valence-electron chi connectivity index (χ3n) is 1.57. The van der Waals surface area contributed by atoms with Gasteiger partial charge in [0.25, 0.3) is 0 Å². The van der Waals surface area contributed by atoms with Crippen LogP contribution in [0.15, 0.2) is 12.1 Å². The summed E-state index contributed by atoms with van der Waals surface area (Å²) in [6, 6.07) is 2.81. The molecule has 1 aromatic rings. The van der Waals surface area contributed by atoms with Crippen LogP contribution in [0.2, 0.25) is 10.3 Å². The Morgan fingerprint density at radius 1 is 1.40 bits per heavy atom. The van der Waals surface area contributed by atoms with Gasteiger partial charge in [-0.05, 0) is 12.1 Å². The largest absolute Gasteiger partial charge is 0.308 e. The van der Waals surface area contributed by atoms with Crippen molar-refractivity contribution in [2.75, 3.05) is 5.01 Å². The third kappa shape index (κ3) is 2.65.